The van der Waals surface area contributed by atoms with Gasteiger partial charge in [0.25, 0.3) is 0 Å². The lowest BCUT2D eigenvalue weighted by Gasteiger charge is -2.34. The van der Waals surface area contributed by atoms with Gasteiger partial charge in [0.15, 0.2) is 6.23 Å². The summed E-state index contributed by atoms with van der Waals surface area (Å²) in [5.41, 5.74) is -0.160. The second kappa shape index (κ2) is 9.59. The molecule has 2 N–H and O–H groups in total. The molecule has 1 aliphatic heterocycles. The standard InChI is InChI=1S/C23H25F3N4O4S/c1-14-11-15(2)13-30(12-14)35(32,33)19-9-5-16(6-10-19)20(31)27-22-29-28-21(34-22)17-3-7-18(8-4-17)23(24,25)26/h3-10,14-15,20,31H,11-13H2,1-2H3,(H,27,29)/t14-,15+,20?. The van der Waals surface area contributed by atoms with Crippen molar-refractivity contribution in [3.05, 3.63) is 59.7 Å². The summed E-state index contributed by atoms with van der Waals surface area (Å²) in [6.07, 6.45) is -4.76. The molecular weight excluding hydrogens is 485 g/mol. The van der Waals surface area contributed by atoms with Gasteiger partial charge in [0.05, 0.1) is 10.5 Å². The Morgan fingerprint density at radius 1 is 1.03 bits per heavy atom. The third-order valence-electron chi connectivity index (χ3n) is 5.81. The number of rotatable bonds is 6. The van der Waals surface area contributed by atoms with Crippen LogP contribution in [0.2, 0.25) is 0 Å². The van der Waals surface area contributed by atoms with E-state index in [1.54, 1.807) is 0 Å². The summed E-state index contributed by atoms with van der Waals surface area (Å²) in [5.74, 6) is 0.529. The van der Waals surface area contributed by atoms with Crippen LogP contribution < -0.4 is 5.32 Å². The third kappa shape index (κ3) is 5.65. The second-order valence-electron chi connectivity index (χ2n) is 8.87. The molecule has 3 aromatic rings. The molecule has 0 aliphatic carbocycles. The molecule has 0 amide bonds. The van der Waals surface area contributed by atoms with Gasteiger partial charge in [0.2, 0.25) is 15.9 Å². The molecule has 35 heavy (non-hydrogen) atoms. The number of alkyl halides is 3. The molecule has 2 heterocycles. The number of aliphatic hydroxyl groups excluding tert-OH is 1. The van der Waals surface area contributed by atoms with Crippen LogP contribution in [0.4, 0.5) is 19.2 Å². The number of aliphatic hydroxyl groups is 1. The number of benzene rings is 2. The maximum absolute atomic E-state index is 13.0. The summed E-state index contributed by atoms with van der Waals surface area (Å²) < 4.78 is 71.1. The number of nitrogens with zero attached hydrogens (tertiary/aromatic N) is 3. The normalized spacial score (nSPS) is 20.5. The molecule has 0 bridgehead atoms. The van der Waals surface area contributed by atoms with Crippen molar-refractivity contribution in [1.82, 2.24) is 14.5 Å². The van der Waals surface area contributed by atoms with Crippen LogP contribution in [0.3, 0.4) is 0 Å². The zero-order chi connectivity index (χ0) is 25.4. The van der Waals surface area contributed by atoms with E-state index in [-0.39, 0.29) is 34.2 Å². The Labute approximate surface area is 200 Å². The Balaban J connectivity index is 1.43. The molecule has 1 aromatic heterocycles. The van der Waals surface area contributed by atoms with E-state index in [1.165, 1.54) is 40.7 Å². The molecule has 4 rings (SSSR count). The molecule has 0 saturated carbocycles. The van der Waals surface area contributed by atoms with Gasteiger partial charge in [-0.3, -0.25) is 0 Å². The van der Waals surface area contributed by atoms with Gasteiger partial charge in [0, 0.05) is 24.2 Å². The number of nitrogens with one attached hydrogen (secondary N) is 1. The minimum absolute atomic E-state index is 0.0279. The highest BCUT2D eigenvalue weighted by molar-refractivity contribution is 7.89. The van der Waals surface area contributed by atoms with Gasteiger partial charge in [-0.15, -0.1) is 5.10 Å². The Kier molecular flexibility index (Phi) is 6.89. The maximum atomic E-state index is 13.0. The predicted molar refractivity (Wildman–Crippen MR) is 121 cm³/mol. The molecular formula is C23H25F3N4O4S. The number of piperidine rings is 1. The average molecular weight is 511 g/mol. The van der Waals surface area contributed by atoms with E-state index < -0.39 is 28.0 Å². The van der Waals surface area contributed by atoms with Gasteiger partial charge in [-0.25, -0.2) is 8.42 Å². The van der Waals surface area contributed by atoms with Gasteiger partial charge in [-0.1, -0.05) is 31.1 Å². The van der Waals surface area contributed by atoms with Crippen molar-refractivity contribution in [3.8, 4) is 11.5 Å². The molecule has 3 atom stereocenters. The van der Waals surface area contributed by atoms with Crippen molar-refractivity contribution < 1.29 is 31.1 Å². The highest BCUT2D eigenvalue weighted by Gasteiger charge is 2.32. The quantitative estimate of drug-likeness (QED) is 0.469. The fourth-order valence-electron chi connectivity index (χ4n) is 4.17. The average Bonchev–Trinajstić information content (AvgIpc) is 3.26. The summed E-state index contributed by atoms with van der Waals surface area (Å²) in [5, 5.41) is 20.6. The molecule has 1 fully saturated rings. The largest absolute Gasteiger partial charge is 0.416 e. The lowest BCUT2D eigenvalue weighted by Crippen LogP contribution is -2.42. The van der Waals surface area contributed by atoms with Crippen molar-refractivity contribution >= 4 is 16.0 Å². The number of halogens is 3. The van der Waals surface area contributed by atoms with E-state index >= 15 is 0 Å². The molecule has 2 aromatic carbocycles. The summed E-state index contributed by atoms with van der Waals surface area (Å²) in [6.45, 7) is 5.00. The van der Waals surface area contributed by atoms with Crippen LogP contribution in [0.15, 0.2) is 57.8 Å². The molecule has 188 valence electrons. The topological polar surface area (TPSA) is 109 Å². The van der Waals surface area contributed by atoms with Crippen molar-refractivity contribution in [2.24, 2.45) is 11.8 Å². The van der Waals surface area contributed by atoms with Gasteiger partial charge in [-0.2, -0.15) is 17.5 Å². The van der Waals surface area contributed by atoms with E-state index in [2.05, 4.69) is 15.5 Å². The van der Waals surface area contributed by atoms with Crippen LogP contribution in [-0.4, -0.2) is 41.1 Å². The minimum Gasteiger partial charge on any atom is -0.403 e. The third-order valence-corrected chi connectivity index (χ3v) is 7.66. The Hall–Kier alpha value is -2.96. The first-order valence-electron chi connectivity index (χ1n) is 11.0. The highest BCUT2D eigenvalue weighted by atomic mass is 32.2. The highest BCUT2D eigenvalue weighted by Crippen LogP contribution is 2.31. The lowest BCUT2D eigenvalue weighted by molar-refractivity contribution is -0.137. The summed E-state index contributed by atoms with van der Waals surface area (Å²) in [4.78, 5) is 0.136. The monoisotopic (exact) mass is 510 g/mol. The first-order chi connectivity index (χ1) is 16.4. The molecule has 0 radical (unpaired) electrons. The lowest BCUT2D eigenvalue weighted by atomic mass is 9.94. The fourth-order valence-corrected chi connectivity index (χ4v) is 5.85. The number of sulfonamides is 1. The molecule has 0 spiro atoms. The molecule has 8 nitrogen and oxygen atoms in total. The Morgan fingerprint density at radius 2 is 1.63 bits per heavy atom. The number of hydrogen-bond acceptors (Lipinski definition) is 7. The van der Waals surface area contributed by atoms with E-state index in [1.807, 2.05) is 13.8 Å². The second-order valence-corrected chi connectivity index (χ2v) is 10.8. The van der Waals surface area contributed by atoms with Gasteiger partial charge >= 0.3 is 12.2 Å². The zero-order valence-electron chi connectivity index (χ0n) is 19.0. The minimum atomic E-state index is -4.45. The smallest absolute Gasteiger partial charge is 0.403 e. The van der Waals surface area contributed by atoms with Crippen LogP contribution in [0.1, 0.15) is 37.6 Å². The number of aromatic nitrogens is 2. The van der Waals surface area contributed by atoms with Crippen LogP contribution in [0.5, 0.6) is 0 Å². The molecule has 12 heteroatoms. The van der Waals surface area contributed by atoms with Crippen molar-refractivity contribution in [1.29, 1.82) is 0 Å². The van der Waals surface area contributed by atoms with Crippen LogP contribution in [0.25, 0.3) is 11.5 Å². The summed E-state index contributed by atoms with van der Waals surface area (Å²) in [6, 6.07) is 9.90. The van der Waals surface area contributed by atoms with Crippen LogP contribution in [-0.2, 0) is 16.2 Å². The van der Waals surface area contributed by atoms with Crippen molar-refractivity contribution in [2.45, 2.75) is 37.6 Å². The summed E-state index contributed by atoms with van der Waals surface area (Å²) in [7, 11) is -3.65. The summed E-state index contributed by atoms with van der Waals surface area (Å²) >= 11 is 0. The maximum Gasteiger partial charge on any atom is 0.416 e. The first kappa shape index (κ1) is 25.1. The van der Waals surface area contributed by atoms with E-state index in [9.17, 15) is 26.7 Å². The zero-order valence-corrected chi connectivity index (χ0v) is 19.8. The molecule has 1 aliphatic rings. The van der Waals surface area contributed by atoms with Gasteiger partial charge in [0.1, 0.15) is 0 Å². The number of hydrogen-bond donors (Lipinski definition) is 2. The fraction of sp³-hybridized carbons (Fsp3) is 0.391. The molecule has 1 unspecified atom stereocenters. The van der Waals surface area contributed by atoms with Gasteiger partial charge in [-0.05, 0) is 54.7 Å². The van der Waals surface area contributed by atoms with Crippen molar-refractivity contribution in [3.63, 3.8) is 0 Å². The van der Waals surface area contributed by atoms with Crippen LogP contribution in [0, 0.1) is 11.8 Å². The predicted octanol–water partition coefficient (Wildman–Crippen LogP) is 4.53. The first-order valence-corrected chi connectivity index (χ1v) is 12.4. The Morgan fingerprint density at radius 3 is 2.20 bits per heavy atom. The molecule has 1 saturated heterocycles. The van der Waals surface area contributed by atoms with E-state index in [0.717, 1.165) is 18.6 Å². The Bertz CT molecular complexity index is 1250. The van der Waals surface area contributed by atoms with Crippen LogP contribution >= 0.6 is 0 Å². The number of anilines is 1. The van der Waals surface area contributed by atoms with E-state index in [4.69, 9.17) is 4.42 Å². The van der Waals surface area contributed by atoms with Gasteiger partial charge < -0.3 is 14.8 Å². The van der Waals surface area contributed by atoms with E-state index in [0.29, 0.717) is 18.7 Å². The SMILES string of the molecule is C[C@@H]1C[C@H](C)CN(S(=O)(=O)c2ccc(C(O)Nc3nnc(-c4ccc(C(F)(F)F)cc4)o3)cc2)C1. The van der Waals surface area contributed by atoms with Crippen molar-refractivity contribution in [2.75, 3.05) is 18.4 Å².